The minimum Gasteiger partial charge on any atom is -0.507 e. The maximum atomic E-state index is 14.5. The molecule has 4 aromatic rings. The maximum absolute atomic E-state index is 14.5. The van der Waals surface area contributed by atoms with Crippen LogP contribution in [0.25, 0.3) is 33.2 Å². The van der Waals surface area contributed by atoms with E-state index < -0.39 is 88.8 Å². The molecule has 0 spiro atoms. The van der Waals surface area contributed by atoms with Crippen molar-refractivity contribution in [3.63, 3.8) is 0 Å². The van der Waals surface area contributed by atoms with Gasteiger partial charge in [0.15, 0.2) is 5.75 Å². The summed E-state index contributed by atoms with van der Waals surface area (Å²) in [6.45, 7) is 12.5. The van der Waals surface area contributed by atoms with E-state index in [1.165, 1.54) is 53.2 Å². The molecule has 9 atom stereocenters. The van der Waals surface area contributed by atoms with Crippen molar-refractivity contribution in [2.45, 2.75) is 85.6 Å². The number of nitrogens with one attached hydrogen (secondary N) is 2. The van der Waals surface area contributed by atoms with Crippen LogP contribution in [0.15, 0.2) is 60.4 Å². The number of benzene rings is 3. The number of esters is 1. The molecule has 1 amide bonds. The van der Waals surface area contributed by atoms with Crippen LogP contribution in [0.5, 0.6) is 23.0 Å². The number of rotatable bonds is 3. The summed E-state index contributed by atoms with van der Waals surface area (Å²) in [5.74, 6) is -8.53. The molecule has 1 aromatic heterocycles. The van der Waals surface area contributed by atoms with Crippen LogP contribution in [0.4, 0.5) is 5.69 Å². The number of Topliss-reactive ketones (excluding diaryl/α,β-unsaturated/α-hetero) is 1. The van der Waals surface area contributed by atoms with Gasteiger partial charge in [-0.3, -0.25) is 14.4 Å². The van der Waals surface area contributed by atoms with Crippen molar-refractivity contribution < 1.29 is 58.9 Å². The number of phenolic OH excluding ortho intramolecular Hbond substituents is 3. The normalized spacial score (nSPS) is 28.1. The molecule has 0 saturated carbocycles. The van der Waals surface area contributed by atoms with Gasteiger partial charge in [-0.25, -0.2) is 4.98 Å². The van der Waals surface area contributed by atoms with Crippen molar-refractivity contribution in [2.24, 2.45) is 23.7 Å². The van der Waals surface area contributed by atoms with Gasteiger partial charge in [0.1, 0.15) is 29.2 Å². The number of phenols is 3. The number of anilines is 1. The van der Waals surface area contributed by atoms with E-state index in [1.54, 1.807) is 64.1 Å². The molecule has 9 unspecified atom stereocenters. The van der Waals surface area contributed by atoms with Gasteiger partial charge in [-0.2, -0.15) is 0 Å². The molecule has 0 saturated heterocycles. The summed E-state index contributed by atoms with van der Waals surface area (Å²) >= 11 is 0. The van der Waals surface area contributed by atoms with Gasteiger partial charge in [-0.1, -0.05) is 58.1 Å². The fourth-order valence-electron chi connectivity index (χ4n) is 8.02. The van der Waals surface area contributed by atoms with Crippen molar-refractivity contribution in [1.82, 2.24) is 9.97 Å². The van der Waals surface area contributed by atoms with Crippen molar-refractivity contribution in [1.29, 1.82) is 0 Å². The van der Waals surface area contributed by atoms with E-state index in [1.807, 2.05) is 0 Å². The number of aliphatic hydroxyl groups excluding tert-OH is 2. The molecule has 0 radical (unpaired) electrons. The largest absolute Gasteiger partial charge is 0.507 e. The number of imidazole rings is 1. The fraction of sp³-hybridized carbons (Fsp3) is 0.409. The first-order chi connectivity index (χ1) is 27.8. The van der Waals surface area contributed by atoms with Gasteiger partial charge < -0.3 is 54.8 Å². The third-order valence-electron chi connectivity index (χ3n) is 11.6. The summed E-state index contributed by atoms with van der Waals surface area (Å²) in [6, 6.07) is 7.00. The number of aromatic hydroxyl groups is 3. The minimum absolute atomic E-state index is 0.0292. The Labute approximate surface area is 341 Å². The highest BCUT2D eigenvalue weighted by Crippen LogP contribution is 2.57. The highest BCUT2D eigenvalue weighted by atomic mass is 16.7. The molecule has 7 N–H and O–H groups in total. The lowest BCUT2D eigenvalue weighted by atomic mass is 9.78. The smallest absolute Gasteiger partial charge is 0.312 e. The number of carbonyl (C=O) groups is 3. The zero-order chi connectivity index (χ0) is 43.2. The molecule has 4 heterocycles. The molecule has 7 rings (SSSR count). The number of nitrogens with zero attached hydrogens (tertiary/aromatic N) is 1. The van der Waals surface area contributed by atoms with Crippen molar-refractivity contribution >= 4 is 45.2 Å². The molecule has 3 aliphatic rings. The monoisotopic (exact) mass is 813 g/mol. The van der Waals surface area contributed by atoms with Crippen LogP contribution < -0.4 is 10.1 Å². The number of ether oxygens (including phenoxy) is 4. The van der Waals surface area contributed by atoms with E-state index in [0.29, 0.717) is 11.0 Å². The third-order valence-corrected chi connectivity index (χ3v) is 11.6. The summed E-state index contributed by atoms with van der Waals surface area (Å²) < 4.78 is 23.6. The molecule has 15 nitrogen and oxygen atoms in total. The van der Waals surface area contributed by atoms with Gasteiger partial charge in [0.2, 0.25) is 0 Å². The van der Waals surface area contributed by atoms with Crippen LogP contribution in [0.2, 0.25) is 0 Å². The predicted octanol–water partition coefficient (Wildman–Crippen LogP) is 6.30. The molecule has 0 fully saturated rings. The van der Waals surface area contributed by atoms with Crippen molar-refractivity contribution in [3.05, 3.63) is 71.5 Å². The Morgan fingerprint density at radius 2 is 1.59 bits per heavy atom. The Morgan fingerprint density at radius 3 is 2.25 bits per heavy atom. The second kappa shape index (κ2) is 16.4. The molecule has 314 valence electrons. The quantitative estimate of drug-likeness (QED) is 0.0685. The summed E-state index contributed by atoms with van der Waals surface area (Å²) in [5.41, 5.74) is 0.572. The Hall–Kier alpha value is -5.90. The Bertz CT molecular complexity index is 2380. The number of aliphatic hydroxyl groups is 2. The minimum atomic E-state index is -2.06. The average Bonchev–Trinajstić information content (AvgIpc) is 3.74. The number of para-hydroxylation sites is 2. The number of aromatic amines is 1. The number of hydrogen-bond acceptors (Lipinski definition) is 13. The molecular formula is C44H51N3O12. The number of aromatic nitrogens is 2. The number of ketones is 1. The van der Waals surface area contributed by atoms with Crippen LogP contribution in [0, 0.1) is 30.6 Å². The number of carbonyl (C=O) groups excluding carboxylic acids is 3. The predicted molar refractivity (Wildman–Crippen MR) is 219 cm³/mol. The molecule has 3 aliphatic heterocycles. The molecular weight excluding hydrogens is 762 g/mol. The van der Waals surface area contributed by atoms with Crippen molar-refractivity contribution in [2.75, 3.05) is 12.4 Å². The van der Waals surface area contributed by atoms with E-state index >= 15 is 0 Å². The lowest BCUT2D eigenvalue weighted by molar-refractivity contribution is -0.160. The van der Waals surface area contributed by atoms with E-state index in [0.717, 1.165) is 0 Å². The van der Waals surface area contributed by atoms with Crippen LogP contribution in [0.3, 0.4) is 0 Å². The topological polar surface area (TPSA) is 230 Å². The second-order valence-corrected chi connectivity index (χ2v) is 15.7. The number of amides is 1. The van der Waals surface area contributed by atoms with Gasteiger partial charge in [0, 0.05) is 61.2 Å². The standard InChI is InChI=1S/C44H51N3O12/c1-19-13-12-14-20(2)43(55)47-33-32(42-45-26-15-10-11-16-27(26)46-42)37(52)29-30(38(33)53)36(51)24(6)40-31(29)41(54)44(8,59-40)57-18-17-28(56-9)21(3)39(58-25(7)48)23(5)35(50)22(4)34(19)49/h10-19,21-23,28,34-35,39,49-53H,1-9H3,(H,45,46)(H,47,55). The third kappa shape index (κ3) is 7.61. The van der Waals surface area contributed by atoms with Crippen LogP contribution in [0.1, 0.15) is 64.4 Å². The van der Waals surface area contributed by atoms with Gasteiger partial charge in [-0.05, 0) is 32.1 Å². The summed E-state index contributed by atoms with van der Waals surface area (Å²) in [4.78, 5) is 48.4. The number of allylic oxidation sites excluding steroid dienone is 2. The maximum Gasteiger partial charge on any atom is 0.312 e. The molecule has 59 heavy (non-hydrogen) atoms. The first kappa shape index (κ1) is 42.7. The van der Waals surface area contributed by atoms with E-state index in [4.69, 9.17) is 18.9 Å². The van der Waals surface area contributed by atoms with Crippen LogP contribution in [-0.4, -0.2) is 90.5 Å². The lowest BCUT2D eigenvalue weighted by Gasteiger charge is -2.38. The highest BCUT2D eigenvalue weighted by molar-refractivity contribution is 6.23. The molecule has 3 aromatic carbocycles. The lowest BCUT2D eigenvalue weighted by Crippen LogP contribution is -2.46. The zero-order valence-corrected chi connectivity index (χ0v) is 34.4. The molecule has 15 heteroatoms. The Kier molecular flexibility index (Phi) is 11.9. The summed E-state index contributed by atoms with van der Waals surface area (Å²) in [6.07, 6.45) is 3.49. The molecule has 0 aliphatic carbocycles. The summed E-state index contributed by atoms with van der Waals surface area (Å²) in [5, 5.41) is 60.8. The van der Waals surface area contributed by atoms with Gasteiger partial charge in [0.25, 0.3) is 11.7 Å². The number of H-pyrrole nitrogens is 1. The zero-order valence-electron chi connectivity index (χ0n) is 34.4. The van der Waals surface area contributed by atoms with Crippen molar-refractivity contribution in [3.8, 4) is 34.4 Å². The van der Waals surface area contributed by atoms with Gasteiger partial charge in [0.05, 0.1) is 57.8 Å². The van der Waals surface area contributed by atoms with E-state index in [9.17, 15) is 39.9 Å². The first-order valence-corrected chi connectivity index (χ1v) is 19.4. The number of hydrogen-bond donors (Lipinski definition) is 7. The fourth-order valence-corrected chi connectivity index (χ4v) is 8.02. The van der Waals surface area contributed by atoms with Crippen LogP contribution in [-0.2, 0) is 23.8 Å². The number of fused-ring (bicyclic) bond motifs is 15. The van der Waals surface area contributed by atoms with E-state index in [2.05, 4.69) is 15.3 Å². The molecule has 5 bridgehead atoms. The highest BCUT2D eigenvalue weighted by Gasteiger charge is 2.50. The SMILES string of the molecule is COC1C=COC2(C)Oc3c(C)c(O)c4c(O)c(c(-c5nc6ccccc6[nH]5)c(O)c4c3C2=O)NC(=O)C(C)=CC=CC(C)C(O)C(C)C(O)C(C)C(OC(C)=O)C1C. The Balaban J connectivity index is 1.57. The second-order valence-electron chi connectivity index (χ2n) is 15.7. The summed E-state index contributed by atoms with van der Waals surface area (Å²) in [7, 11) is 1.43. The first-order valence-electron chi connectivity index (χ1n) is 19.4. The number of methoxy groups -OCH3 is 1. The van der Waals surface area contributed by atoms with Gasteiger partial charge >= 0.3 is 11.8 Å². The van der Waals surface area contributed by atoms with Crippen LogP contribution >= 0.6 is 0 Å². The van der Waals surface area contributed by atoms with Gasteiger partial charge in [-0.15, -0.1) is 0 Å². The Morgan fingerprint density at radius 1 is 0.898 bits per heavy atom. The van der Waals surface area contributed by atoms with E-state index in [-0.39, 0.29) is 50.3 Å². The average molecular weight is 814 g/mol.